The number of aromatic carboxylic acids is 1. The standard InChI is InChI=1S/C12H11ClN2O2S/c1-7-15-9(6-18-7)5-14-11-4-8(13)2-3-10(11)12(16)17/h2-4,6,14H,5H2,1H3,(H,16,17). The zero-order valence-electron chi connectivity index (χ0n) is 9.61. The third-order valence-corrected chi connectivity index (χ3v) is 3.40. The van der Waals surface area contributed by atoms with E-state index in [0.29, 0.717) is 17.3 Å². The Kier molecular flexibility index (Phi) is 3.84. The Labute approximate surface area is 113 Å². The highest BCUT2D eigenvalue weighted by Gasteiger charge is 2.10. The number of nitrogens with zero attached hydrogens (tertiary/aromatic N) is 1. The Morgan fingerprint density at radius 1 is 1.56 bits per heavy atom. The molecule has 1 heterocycles. The Hall–Kier alpha value is -1.59. The highest BCUT2D eigenvalue weighted by Crippen LogP contribution is 2.22. The molecule has 2 aromatic rings. The maximum atomic E-state index is 11.1. The van der Waals surface area contributed by atoms with Gasteiger partial charge in [-0.2, -0.15) is 0 Å². The summed E-state index contributed by atoms with van der Waals surface area (Å²) in [5.41, 5.74) is 1.58. The number of anilines is 1. The number of thiazole rings is 1. The molecule has 18 heavy (non-hydrogen) atoms. The molecule has 0 saturated carbocycles. The Morgan fingerprint density at radius 3 is 2.94 bits per heavy atom. The molecule has 6 heteroatoms. The summed E-state index contributed by atoms with van der Waals surface area (Å²) in [6.07, 6.45) is 0. The SMILES string of the molecule is Cc1nc(CNc2cc(Cl)ccc2C(=O)O)cs1. The average Bonchev–Trinajstić information content (AvgIpc) is 2.72. The molecule has 0 saturated heterocycles. The molecule has 0 amide bonds. The van der Waals surface area contributed by atoms with Gasteiger partial charge in [0.1, 0.15) is 0 Å². The quantitative estimate of drug-likeness (QED) is 0.902. The van der Waals surface area contributed by atoms with Crippen LogP contribution in [0, 0.1) is 6.92 Å². The molecule has 0 spiro atoms. The lowest BCUT2D eigenvalue weighted by molar-refractivity contribution is 0.0698. The summed E-state index contributed by atoms with van der Waals surface area (Å²) in [6.45, 7) is 2.40. The van der Waals surface area contributed by atoms with Gasteiger partial charge in [-0.25, -0.2) is 9.78 Å². The van der Waals surface area contributed by atoms with Crippen molar-refractivity contribution in [3.63, 3.8) is 0 Å². The van der Waals surface area contributed by atoms with Crippen LogP contribution in [0.4, 0.5) is 5.69 Å². The fourth-order valence-electron chi connectivity index (χ4n) is 1.52. The number of hydrogen-bond acceptors (Lipinski definition) is 4. The molecule has 0 unspecified atom stereocenters. The number of carboxylic acids is 1. The molecular formula is C12H11ClN2O2S. The Balaban J connectivity index is 2.17. The van der Waals surface area contributed by atoms with Crippen molar-refractivity contribution in [1.82, 2.24) is 4.98 Å². The summed E-state index contributed by atoms with van der Waals surface area (Å²) in [6, 6.07) is 4.65. The molecule has 0 aliphatic rings. The lowest BCUT2D eigenvalue weighted by Gasteiger charge is -2.08. The van der Waals surface area contributed by atoms with E-state index >= 15 is 0 Å². The molecule has 0 atom stereocenters. The zero-order valence-corrected chi connectivity index (χ0v) is 11.2. The topological polar surface area (TPSA) is 62.2 Å². The summed E-state index contributed by atoms with van der Waals surface area (Å²) in [7, 11) is 0. The maximum absolute atomic E-state index is 11.1. The molecule has 0 fully saturated rings. The van der Waals surface area contributed by atoms with Crippen LogP contribution in [0.1, 0.15) is 21.1 Å². The number of benzene rings is 1. The van der Waals surface area contributed by atoms with Gasteiger partial charge < -0.3 is 10.4 Å². The number of hydrogen-bond donors (Lipinski definition) is 2. The second-order valence-electron chi connectivity index (χ2n) is 3.71. The third-order valence-electron chi connectivity index (χ3n) is 2.34. The van der Waals surface area contributed by atoms with Crippen molar-refractivity contribution in [2.45, 2.75) is 13.5 Å². The smallest absolute Gasteiger partial charge is 0.337 e. The van der Waals surface area contributed by atoms with Gasteiger partial charge in [-0.3, -0.25) is 0 Å². The summed E-state index contributed by atoms with van der Waals surface area (Å²) in [5.74, 6) is -0.983. The number of aryl methyl sites for hydroxylation is 1. The van der Waals surface area contributed by atoms with Crippen molar-refractivity contribution in [3.05, 3.63) is 44.9 Å². The van der Waals surface area contributed by atoms with E-state index in [0.717, 1.165) is 10.7 Å². The van der Waals surface area contributed by atoms with Crippen molar-refractivity contribution < 1.29 is 9.90 Å². The van der Waals surface area contributed by atoms with Gasteiger partial charge in [0, 0.05) is 10.4 Å². The molecule has 4 nitrogen and oxygen atoms in total. The van der Waals surface area contributed by atoms with Crippen molar-refractivity contribution >= 4 is 34.6 Å². The van der Waals surface area contributed by atoms with Crippen LogP contribution in [0.2, 0.25) is 5.02 Å². The van der Waals surface area contributed by atoms with Crippen molar-refractivity contribution in [2.75, 3.05) is 5.32 Å². The van der Waals surface area contributed by atoms with Gasteiger partial charge in [-0.1, -0.05) is 11.6 Å². The number of aromatic nitrogens is 1. The first kappa shape index (κ1) is 12.9. The van der Waals surface area contributed by atoms with E-state index in [1.54, 1.807) is 23.5 Å². The van der Waals surface area contributed by atoms with Gasteiger partial charge in [-0.05, 0) is 25.1 Å². The molecule has 2 N–H and O–H groups in total. The first-order valence-electron chi connectivity index (χ1n) is 5.24. The van der Waals surface area contributed by atoms with Crippen molar-refractivity contribution in [3.8, 4) is 0 Å². The van der Waals surface area contributed by atoms with E-state index in [9.17, 15) is 4.79 Å². The van der Waals surface area contributed by atoms with Crippen LogP contribution in [0.3, 0.4) is 0 Å². The van der Waals surface area contributed by atoms with Crippen LogP contribution >= 0.6 is 22.9 Å². The van der Waals surface area contributed by atoms with E-state index in [1.165, 1.54) is 6.07 Å². The van der Waals surface area contributed by atoms with Crippen LogP contribution in [0.15, 0.2) is 23.6 Å². The molecule has 94 valence electrons. The summed E-state index contributed by atoms with van der Waals surface area (Å²) < 4.78 is 0. The van der Waals surface area contributed by atoms with E-state index < -0.39 is 5.97 Å². The lowest BCUT2D eigenvalue weighted by atomic mass is 10.2. The first-order valence-corrected chi connectivity index (χ1v) is 6.50. The number of halogens is 1. The van der Waals surface area contributed by atoms with Gasteiger partial charge >= 0.3 is 5.97 Å². The van der Waals surface area contributed by atoms with Crippen LogP contribution in [0.25, 0.3) is 0 Å². The van der Waals surface area contributed by atoms with Gasteiger partial charge in [0.25, 0.3) is 0 Å². The normalized spacial score (nSPS) is 10.3. The fraction of sp³-hybridized carbons (Fsp3) is 0.167. The van der Waals surface area contributed by atoms with E-state index in [1.807, 2.05) is 12.3 Å². The number of carboxylic acid groups (broad SMARTS) is 1. The second-order valence-corrected chi connectivity index (χ2v) is 5.21. The number of carbonyl (C=O) groups is 1. The zero-order chi connectivity index (χ0) is 13.1. The molecule has 0 bridgehead atoms. The van der Waals surface area contributed by atoms with Crippen molar-refractivity contribution in [1.29, 1.82) is 0 Å². The summed E-state index contributed by atoms with van der Waals surface area (Å²) in [4.78, 5) is 15.4. The van der Waals surface area contributed by atoms with Gasteiger partial charge in [0.15, 0.2) is 0 Å². The molecule has 1 aromatic carbocycles. The third kappa shape index (κ3) is 3.00. The summed E-state index contributed by atoms with van der Waals surface area (Å²) in [5, 5.41) is 15.5. The second kappa shape index (κ2) is 5.37. The predicted molar refractivity (Wildman–Crippen MR) is 72.6 cm³/mol. The minimum absolute atomic E-state index is 0.200. The largest absolute Gasteiger partial charge is 0.478 e. The minimum Gasteiger partial charge on any atom is -0.478 e. The van der Waals surface area contributed by atoms with Crippen LogP contribution in [0.5, 0.6) is 0 Å². The van der Waals surface area contributed by atoms with Crippen LogP contribution in [-0.2, 0) is 6.54 Å². The number of rotatable bonds is 4. The van der Waals surface area contributed by atoms with E-state index in [4.69, 9.17) is 16.7 Å². The molecule has 2 rings (SSSR count). The monoisotopic (exact) mass is 282 g/mol. The molecule has 0 aliphatic carbocycles. The molecular weight excluding hydrogens is 272 g/mol. The summed E-state index contributed by atoms with van der Waals surface area (Å²) >= 11 is 7.42. The Morgan fingerprint density at radius 2 is 2.33 bits per heavy atom. The molecule has 0 radical (unpaired) electrons. The van der Waals surface area contributed by atoms with Crippen LogP contribution in [-0.4, -0.2) is 16.1 Å². The highest BCUT2D eigenvalue weighted by molar-refractivity contribution is 7.09. The average molecular weight is 283 g/mol. The highest BCUT2D eigenvalue weighted by atomic mass is 35.5. The minimum atomic E-state index is -0.983. The molecule has 1 aromatic heterocycles. The van der Waals surface area contributed by atoms with E-state index in [2.05, 4.69) is 10.3 Å². The first-order chi connectivity index (χ1) is 8.56. The maximum Gasteiger partial charge on any atom is 0.337 e. The van der Waals surface area contributed by atoms with Crippen LogP contribution < -0.4 is 5.32 Å². The molecule has 0 aliphatic heterocycles. The van der Waals surface area contributed by atoms with Gasteiger partial charge in [-0.15, -0.1) is 11.3 Å². The fourth-order valence-corrected chi connectivity index (χ4v) is 2.31. The lowest BCUT2D eigenvalue weighted by Crippen LogP contribution is -2.06. The number of nitrogens with one attached hydrogen (secondary N) is 1. The van der Waals surface area contributed by atoms with Crippen molar-refractivity contribution in [2.24, 2.45) is 0 Å². The Bertz CT molecular complexity index is 583. The van der Waals surface area contributed by atoms with Gasteiger partial charge in [0.2, 0.25) is 0 Å². The predicted octanol–water partition coefficient (Wildman–Crippen LogP) is 3.42. The van der Waals surface area contributed by atoms with Gasteiger partial charge in [0.05, 0.1) is 28.5 Å². The van der Waals surface area contributed by atoms with E-state index in [-0.39, 0.29) is 5.56 Å².